The summed E-state index contributed by atoms with van der Waals surface area (Å²) in [6.45, 7) is 2.13. The van der Waals surface area contributed by atoms with E-state index in [9.17, 15) is 18.0 Å². The van der Waals surface area contributed by atoms with E-state index in [0.29, 0.717) is 19.4 Å². The Bertz CT molecular complexity index is 738. The van der Waals surface area contributed by atoms with Crippen molar-refractivity contribution in [3.05, 3.63) is 30.1 Å². The smallest absolute Gasteiger partial charge is 0.341 e. The summed E-state index contributed by atoms with van der Waals surface area (Å²) in [5.41, 5.74) is 1.64. The van der Waals surface area contributed by atoms with Crippen molar-refractivity contribution in [1.29, 1.82) is 0 Å². The Morgan fingerprint density at radius 1 is 1.33 bits per heavy atom. The quantitative estimate of drug-likeness (QED) is 0.860. The molecule has 0 spiro atoms. The number of fused-ring (bicyclic) bond motifs is 1. The fraction of sp³-hybridized carbons (Fsp3) is 0.529. The largest absolute Gasteiger partial charge is 0.393 e. The van der Waals surface area contributed by atoms with Gasteiger partial charge in [-0.2, -0.15) is 13.2 Å². The number of halogens is 3. The molecule has 1 aromatic carbocycles. The molecule has 2 heterocycles. The highest BCUT2D eigenvalue weighted by molar-refractivity contribution is 5.81. The number of benzene rings is 1. The van der Waals surface area contributed by atoms with E-state index >= 15 is 0 Å². The van der Waals surface area contributed by atoms with Crippen LogP contribution in [0.2, 0.25) is 0 Å². The van der Waals surface area contributed by atoms with Crippen LogP contribution in [0.15, 0.2) is 24.3 Å². The van der Waals surface area contributed by atoms with Crippen LogP contribution in [0.4, 0.5) is 13.2 Å². The molecule has 0 bridgehead atoms. The molecule has 1 amide bonds. The van der Waals surface area contributed by atoms with Crippen LogP contribution in [0.3, 0.4) is 0 Å². The fourth-order valence-electron chi connectivity index (χ4n) is 3.28. The summed E-state index contributed by atoms with van der Waals surface area (Å²) in [4.78, 5) is 18.4. The van der Waals surface area contributed by atoms with E-state index < -0.39 is 12.1 Å². The number of rotatable bonds is 3. The predicted molar refractivity (Wildman–Crippen MR) is 84.5 cm³/mol. The Balaban J connectivity index is 1.80. The van der Waals surface area contributed by atoms with Gasteiger partial charge in [0, 0.05) is 19.5 Å². The van der Waals surface area contributed by atoms with Crippen molar-refractivity contribution in [2.24, 2.45) is 5.92 Å². The first-order valence-corrected chi connectivity index (χ1v) is 8.18. The number of aryl methyl sites for hydroxylation is 1. The number of carbonyl (C=O) groups excluding carboxylic acids is 1. The third-order valence-electron chi connectivity index (χ3n) is 4.58. The van der Waals surface area contributed by atoms with Crippen LogP contribution in [-0.2, 0) is 17.8 Å². The summed E-state index contributed by atoms with van der Waals surface area (Å²) in [5.74, 6) is -0.920. The number of alkyl halides is 3. The SMILES string of the molecule is CCc1nc2ccccc2n1CC(=O)N1CCC[C@H](C(F)(F)F)C1. The third kappa shape index (κ3) is 3.25. The molecule has 7 heteroatoms. The molecule has 3 rings (SSSR count). The fourth-order valence-corrected chi connectivity index (χ4v) is 3.28. The maximum atomic E-state index is 12.9. The number of hydrogen-bond acceptors (Lipinski definition) is 2. The first kappa shape index (κ1) is 16.8. The van der Waals surface area contributed by atoms with E-state index in [1.54, 1.807) is 0 Å². The van der Waals surface area contributed by atoms with E-state index in [-0.39, 0.29) is 25.4 Å². The normalized spacial score (nSPS) is 19.0. The van der Waals surface area contributed by atoms with Crippen LogP contribution in [-0.4, -0.2) is 39.6 Å². The van der Waals surface area contributed by atoms with Crippen LogP contribution in [0.5, 0.6) is 0 Å². The molecule has 1 aliphatic heterocycles. The van der Waals surface area contributed by atoms with Gasteiger partial charge in [-0.3, -0.25) is 4.79 Å². The predicted octanol–water partition coefficient (Wildman–Crippen LogP) is 3.40. The Hall–Kier alpha value is -2.05. The van der Waals surface area contributed by atoms with E-state index in [0.717, 1.165) is 16.9 Å². The van der Waals surface area contributed by atoms with E-state index in [4.69, 9.17) is 0 Å². The molecule has 1 aliphatic rings. The molecular formula is C17H20F3N3O. The number of carbonyl (C=O) groups is 1. The second-order valence-corrected chi connectivity index (χ2v) is 6.18. The molecule has 0 radical (unpaired) electrons. The molecule has 4 nitrogen and oxygen atoms in total. The second kappa shape index (κ2) is 6.45. The lowest BCUT2D eigenvalue weighted by Gasteiger charge is -2.34. The summed E-state index contributed by atoms with van der Waals surface area (Å²) in [6.07, 6.45) is -3.09. The number of para-hydroxylation sites is 2. The summed E-state index contributed by atoms with van der Waals surface area (Å²) < 4.78 is 40.6. The van der Waals surface area contributed by atoms with Crippen molar-refractivity contribution in [2.45, 2.75) is 38.9 Å². The highest BCUT2D eigenvalue weighted by atomic mass is 19.4. The molecule has 0 saturated carbocycles. The molecule has 130 valence electrons. The van der Waals surface area contributed by atoms with Gasteiger partial charge < -0.3 is 9.47 Å². The molecule has 0 unspecified atom stereocenters. The van der Waals surface area contributed by atoms with Crippen molar-refractivity contribution >= 4 is 16.9 Å². The monoisotopic (exact) mass is 339 g/mol. The number of aromatic nitrogens is 2. The van der Waals surface area contributed by atoms with Crippen LogP contribution in [0, 0.1) is 5.92 Å². The average Bonchev–Trinajstić information content (AvgIpc) is 2.92. The van der Waals surface area contributed by atoms with Gasteiger partial charge in [0.25, 0.3) is 0 Å². The average molecular weight is 339 g/mol. The van der Waals surface area contributed by atoms with Crippen LogP contribution in [0.25, 0.3) is 11.0 Å². The summed E-state index contributed by atoms with van der Waals surface area (Å²) in [7, 11) is 0. The molecule has 24 heavy (non-hydrogen) atoms. The second-order valence-electron chi connectivity index (χ2n) is 6.18. The van der Waals surface area contributed by atoms with E-state index in [1.165, 1.54) is 4.90 Å². The summed E-state index contributed by atoms with van der Waals surface area (Å²) >= 11 is 0. The minimum absolute atomic E-state index is 0.0360. The third-order valence-corrected chi connectivity index (χ3v) is 4.58. The van der Waals surface area contributed by atoms with Crippen molar-refractivity contribution in [3.63, 3.8) is 0 Å². The topological polar surface area (TPSA) is 38.1 Å². The van der Waals surface area contributed by atoms with Crippen LogP contribution in [0.1, 0.15) is 25.6 Å². The van der Waals surface area contributed by atoms with Gasteiger partial charge >= 0.3 is 6.18 Å². The number of nitrogens with zero attached hydrogens (tertiary/aromatic N) is 3. The Morgan fingerprint density at radius 3 is 2.79 bits per heavy atom. The summed E-state index contributed by atoms with van der Waals surface area (Å²) in [5, 5.41) is 0. The number of imidazole rings is 1. The number of likely N-dealkylation sites (tertiary alicyclic amines) is 1. The lowest BCUT2D eigenvalue weighted by molar-refractivity contribution is -0.188. The molecule has 1 fully saturated rings. The zero-order chi connectivity index (χ0) is 17.3. The van der Waals surface area contributed by atoms with E-state index in [1.807, 2.05) is 35.8 Å². The van der Waals surface area contributed by atoms with Crippen LogP contribution >= 0.6 is 0 Å². The Kier molecular flexibility index (Phi) is 4.51. The zero-order valence-corrected chi connectivity index (χ0v) is 13.5. The zero-order valence-electron chi connectivity index (χ0n) is 13.5. The highest BCUT2D eigenvalue weighted by Crippen LogP contribution is 2.33. The van der Waals surface area contributed by atoms with Gasteiger partial charge in [0.1, 0.15) is 12.4 Å². The molecular weight excluding hydrogens is 319 g/mol. The van der Waals surface area contributed by atoms with Gasteiger partial charge in [0.05, 0.1) is 17.0 Å². The first-order valence-electron chi connectivity index (χ1n) is 8.18. The van der Waals surface area contributed by atoms with Crippen molar-refractivity contribution in [3.8, 4) is 0 Å². The number of piperidine rings is 1. The molecule has 0 N–H and O–H groups in total. The highest BCUT2D eigenvalue weighted by Gasteiger charge is 2.42. The minimum Gasteiger partial charge on any atom is -0.341 e. The van der Waals surface area contributed by atoms with Gasteiger partial charge in [-0.1, -0.05) is 19.1 Å². The van der Waals surface area contributed by atoms with Gasteiger partial charge in [0.15, 0.2) is 0 Å². The Labute approximate surface area is 138 Å². The van der Waals surface area contributed by atoms with Gasteiger partial charge in [0.2, 0.25) is 5.91 Å². The van der Waals surface area contributed by atoms with Crippen molar-refractivity contribution in [2.75, 3.05) is 13.1 Å². The van der Waals surface area contributed by atoms with Crippen molar-refractivity contribution < 1.29 is 18.0 Å². The summed E-state index contributed by atoms with van der Waals surface area (Å²) in [6, 6.07) is 7.49. The standard InChI is InChI=1S/C17H20F3N3O/c1-2-15-21-13-7-3-4-8-14(13)23(15)11-16(24)22-9-5-6-12(10-22)17(18,19)20/h3-4,7-8,12H,2,5-6,9-11H2,1H3/t12-/m0/s1. The van der Waals surface area contributed by atoms with Gasteiger partial charge in [-0.05, 0) is 25.0 Å². The van der Waals surface area contributed by atoms with Crippen LogP contribution < -0.4 is 0 Å². The van der Waals surface area contributed by atoms with Gasteiger partial charge in [-0.15, -0.1) is 0 Å². The molecule has 1 atom stereocenters. The molecule has 1 aromatic heterocycles. The lowest BCUT2D eigenvalue weighted by Crippen LogP contribution is -2.45. The minimum atomic E-state index is -4.24. The maximum Gasteiger partial charge on any atom is 0.393 e. The molecule has 0 aliphatic carbocycles. The Morgan fingerprint density at radius 2 is 2.08 bits per heavy atom. The van der Waals surface area contributed by atoms with Gasteiger partial charge in [-0.25, -0.2) is 4.98 Å². The number of amides is 1. The lowest BCUT2D eigenvalue weighted by atomic mass is 9.97. The number of hydrogen-bond donors (Lipinski definition) is 0. The molecule has 2 aromatic rings. The van der Waals surface area contributed by atoms with E-state index in [2.05, 4.69) is 4.98 Å². The first-order chi connectivity index (χ1) is 11.4. The van der Waals surface area contributed by atoms with Crippen molar-refractivity contribution in [1.82, 2.24) is 14.5 Å². The maximum absolute atomic E-state index is 12.9. The molecule has 1 saturated heterocycles.